The van der Waals surface area contributed by atoms with Crippen LogP contribution in [0.15, 0.2) is 23.0 Å². The van der Waals surface area contributed by atoms with Gasteiger partial charge in [0, 0.05) is 0 Å². The fraction of sp³-hybridized carbons (Fsp3) is 0. The Balaban J connectivity index is 3.01. The Morgan fingerprint density at radius 3 is 3.00 bits per heavy atom. The average molecular weight is 169 g/mol. The van der Waals surface area contributed by atoms with Crippen LogP contribution in [0.2, 0.25) is 0 Å². The van der Waals surface area contributed by atoms with Crippen molar-refractivity contribution in [3.63, 3.8) is 0 Å². The summed E-state index contributed by atoms with van der Waals surface area (Å²) in [5.74, 6) is -0.342. The molecule has 2 rings (SSSR count). The summed E-state index contributed by atoms with van der Waals surface area (Å²) < 4.78 is 13.3. The van der Waals surface area contributed by atoms with Gasteiger partial charge in [-0.3, -0.25) is 4.79 Å². The maximum atomic E-state index is 12.9. The van der Waals surface area contributed by atoms with Crippen LogP contribution in [-0.2, 0) is 0 Å². The quantitative estimate of drug-likeness (QED) is 0.640. The number of aromatic nitrogens is 1. The standard InChI is InChI=1S/C7H4FNOS/c8-4-2-1-3-5-6(4)11-7(10)9-5/h1-3H,(H,9,10). The van der Waals surface area contributed by atoms with Crippen molar-refractivity contribution in [2.45, 2.75) is 0 Å². The molecule has 0 saturated carbocycles. The van der Waals surface area contributed by atoms with E-state index in [1.165, 1.54) is 6.07 Å². The molecule has 2 nitrogen and oxygen atoms in total. The molecule has 0 radical (unpaired) electrons. The van der Waals surface area contributed by atoms with E-state index in [-0.39, 0.29) is 10.7 Å². The second-order valence-electron chi connectivity index (χ2n) is 2.13. The highest BCUT2D eigenvalue weighted by atomic mass is 32.1. The first kappa shape index (κ1) is 6.54. The Morgan fingerprint density at radius 2 is 2.27 bits per heavy atom. The van der Waals surface area contributed by atoms with Crippen molar-refractivity contribution in [2.75, 3.05) is 0 Å². The van der Waals surface area contributed by atoms with E-state index in [2.05, 4.69) is 4.98 Å². The van der Waals surface area contributed by atoms with Crippen molar-refractivity contribution < 1.29 is 4.39 Å². The van der Waals surface area contributed by atoms with E-state index in [0.717, 1.165) is 11.3 Å². The molecule has 0 atom stereocenters. The third-order valence-electron chi connectivity index (χ3n) is 1.40. The highest BCUT2D eigenvalue weighted by molar-refractivity contribution is 7.16. The summed E-state index contributed by atoms with van der Waals surface area (Å²) >= 11 is 0.893. The SMILES string of the molecule is O=c1[nH]c2cccc(F)c2s1. The fourth-order valence-corrected chi connectivity index (χ4v) is 1.68. The van der Waals surface area contributed by atoms with E-state index < -0.39 is 0 Å². The van der Waals surface area contributed by atoms with E-state index >= 15 is 0 Å². The number of H-pyrrole nitrogens is 1. The highest BCUT2D eigenvalue weighted by Gasteiger charge is 2.02. The van der Waals surface area contributed by atoms with Gasteiger partial charge in [0.1, 0.15) is 5.82 Å². The van der Waals surface area contributed by atoms with Gasteiger partial charge in [0.05, 0.1) is 10.2 Å². The fourth-order valence-electron chi connectivity index (χ4n) is 0.939. The molecule has 1 heterocycles. The molecule has 1 N–H and O–H groups in total. The van der Waals surface area contributed by atoms with Crippen LogP contribution < -0.4 is 4.87 Å². The lowest BCUT2D eigenvalue weighted by molar-refractivity contribution is 0.641. The number of rotatable bonds is 0. The zero-order chi connectivity index (χ0) is 7.84. The van der Waals surface area contributed by atoms with Crippen molar-refractivity contribution in [3.8, 4) is 0 Å². The molecule has 0 saturated heterocycles. The molecule has 0 amide bonds. The number of fused-ring (bicyclic) bond motifs is 1. The summed E-state index contributed by atoms with van der Waals surface area (Å²) in [7, 11) is 0. The number of nitrogens with one attached hydrogen (secondary N) is 1. The minimum absolute atomic E-state index is 0.217. The summed E-state index contributed by atoms with van der Waals surface area (Å²) in [4.78, 5) is 13.0. The summed E-state index contributed by atoms with van der Waals surface area (Å²) in [5.41, 5.74) is 0.569. The Labute approximate surface area is 65.3 Å². The largest absolute Gasteiger partial charge is 0.312 e. The first-order valence-electron chi connectivity index (χ1n) is 3.05. The number of hydrogen-bond donors (Lipinski definition) is 1. The third-order valence-corrected chi connectivity index (χ3v) is 2.30. The number of halogens is 1. The lowest BCUT2D eigenvalue weighted by Crippen LogP contribution is -1.89. The van der Waals surface area contributed by atoms with Crippen LogP contribution in [-0.4, -0.2) is 4.98 Å². The van der Waals surface area contributed by atoms with Gasteiger partial charge in [0.25, 0.3) is 0 Å². The van der Waals surface area contributed by atoms with Crippen LogP contribution in [0.25, 0.3) is 10.2 Å². The Kier molecular flexibility index (Phi) is 1.29. The topological polar surface area (TPSA) is 32.9 Å². The molecule has 11 heavy (non-hydrogen) atoms. The maximum absolute atomic E-state index is 12.9. The van der Waals surface area contributed by atoms with Gasteiger partial charge in [0.15, 0.2) is 0 Å². The van der Waals surface area contributed by atoms with Gasteiger partial charge in [-0.1, -0.05) is 17.4 Å². The first-order valence-corrected chi connectivity index (χ1v) is 3.86. The van der Waals surface area contributed by atoms with E-state index in [1.807, 2.05) is 0 Å². The second-order valence-corrected chi connectivity index (χ2v) is 3.11. The van der Waals surface area contributed by atoms with Gasteiger partial charge < -0.3 is 4.98 Å². The molecule has 4 heteroatoms. The van der Waals surface area contributed by atoms with Crippen LogP contribution >= 0.6 is 11.3 Å². The first-order chi connectivity index (χ1) is 5.27. The van der Waals surface area contributed by atoms with Gasteiger partial charge in [-0.25, -0.2) is 4.39 Å². The lowest BCUT2D eigenvalue weighted by atomic mass is 10.3. The van der Waals surface area contributed by atoms with Crippen molar-refractivity contribution in [1.29, 1.82) is 0 Å². The van der Waals surface area contributed by atoms with Crippen LogP contribution in [0.1, 0.15) is 0 Å². The van der Waals surface area contributed by atoms with E-state index in [4.69, 9.17) is 0 Å². The van der Waals surface area contributed by atoms with E-state index in [9.17, 15) is 9.18 Å². The van der Waals surface area contributed by atoms with Gasteiger partial charge in [-0.05, 0) is 12.1 Å². The molecular weight excluding hydrogens is 165 g/mol. The highest BCUT2D eigenvalue weighted by Crippen LogP contribution is 2.16. The number of hydrogen-bond acceptors (Lipinski definition) is 2. The molecule has 0 spiro atoms. The third kappa shape index (κ3) is 0.952. The van der Waals surface area contributed by atoms with Crippen molar-refractivity contribution in [3.05, 3.63) is 33.7 Å². The minimum Gasteiger partial charge on any atom is -0.312 e. The molecule has 0 fully saturated rings. The number of thiazole rings is 1. The smallest absolute Gasteiger partial charge is 0.305 e. The molecule has 0 bridgehead atoms. The molecule has 0 aliphatic carbocycles. The summed E-state index contributed by atoms with van der Waals surface area (Å²) in [6.45, 7) is 0. The second kappa shape index (κ2) is 2.17. The molecule has 0 aliphatic heterocycles. The molecule has 1 aromatic heterocycles. The molecule has 2 aromatic rings. The predicted molar refractivity (Wildman–Crippen MR) is 42.4 cm³/mol. The van der Waals surface area contributed by atoms with Gasteiger partial charge >= 0.3 is 4.87 Å². The molecule has 0 unspecified atom stereocenters. The Morgan fingerprint density at radius 1 is 1.45 bits per heavy atom. The molecular formula is C7H4FNOS. The van der Waals surface area contributed by atoms with Gasteiger partial charge in [0.2, 0.25) is 0 Å². The Hall–Kier alpha value is -1.16. The summed E-state index contributed by atoms with van der Waals surface area (Å²) in [6.07, 6.45) is 0. The monoisotopic (exact) mass is 169 g/mol. The predicted octanol–water partition coefficient (Wildman–Crippen LogP) is 1.73. The zero-order valence-corrected chi connectivity index (χ0v) is 6.24. The van der Waals surface area contributed by atoms with E-state index in [0.29, 0.717) is 10.2 Å². The van der Waals surface area contributed by atoms with Crippen molar-refractivity contribution in [2.24, 2.45) is 0 Å². The average Bonchev–Trinajstić information content (AvgIpc) is 2.31. The van der Waals surface area contributed by atoms with E-state index in [1.54, 1.807) is 12.1 Å². The number of benzene rings is 1. The molecule has 56 valence electrons. The summed E-state index contributed by atoms with van der Waals surface area (Å²) in [5, 5.41) is 0. The molecule has 1 aromatic carbocycles. The van der Waals surface area contributed by atoms with Gasteiger partial charge in [-0.2, -0.15) is 0 Å². The summed E-state index contributed by atoms with van der Waals surface area (Å²) in [6, 6.07) is 4.59. The normalized spacial score (nSPS) is 10.6. The van der Waals surface area contributed by atoms with Crippen molar-refractivity contribution in [1.82, 2.24) is 4.98 Å². The minimum atomic E-state index is -0.342. The van der Waals surface area contributed by atoms with Crippen LogP contribution in [0.3, 0.4) is 0 Å². The van der Waals surface area contributed by atoms with Gasteiger partial charge in [-0.15, -0.1) is 0 Å². The van der Waals surface area contributed by atoms with Crippen LogP contribution in [0.5, 0.6) is 0 Å². The zero-order valence-electron chi connectivity index (χ0n) is 5.43. The Bertz CT molecular complexity index is 445. The number of aromatic amines is 1. The van der Waals surface area contributed by atoms with Crippen molar-refractivity contribution >= 4 is 21.6 Å². The molecule has 0 aliphatic rings. The lowest BCUT2D eigenvalue weighted by Gasteiger charge is -1.86. The van der Waals surface area contributed by atoms with Crippen LogP contribution in [0, 0.1) is 5.82 Å². The van der Waals surface area contributed by atoms with Crippen LogP contribution in [0.4, 0.5) is 4.39 Å². The maximum Gasteiger partial charge on any atom is 0.305 e.